The first-order valence-electron chi connectivity index (χ1n) is 8.52. The van der Waals surface area contributed by atoms with E-state index in [9.17, 15) is 4.79 Å². The third-order valence-corrected chi connectivity index (χ3v) is 4.58. The standard InChI is InChI=1S/C20H24N2O3/c1-14-13-15(22-11-4-5-12-22)9-10-17(14)21-20(23)16-7-6-8-18(24-2)19(16)25-3/h6-10,13H,4-5,11-12H2,1-3H3,(H,21,23). The molecule has 0 saturated carbocycles. The molecular formula is C20H24N2O3. The van der Waals surface area contributed by atoms with Crippen molar-refractivity contribution in [2.75, 3.05) is 37.5 Å². The van der Waals surface area contributed by atoms with Crippen molar-refractivity contribution in [2.24, 2.45) is 0 Å². The molecule has 0 bridgehead atoms. The Kier molecular flexibility index (Phi) is 5.12. The highest BCUT2D eigenvalue weighted by Gasteiger charge is 2.18. The fourth-order valence-electron chi connectivity index (χ4n) is 3.22. The number of rotatable bonds is 5. The third-order valence-electron chi connectivity index (χ3n) is 4.58. The van der Waals surface area contributed by atoms with Crippen molar-refractivity contribution in [1.82, 2.24) is 0 Å². The Balaban J connectivity index is 1.81. The molecule has 1 saturated heterocycles. The van der Waals surface area contributed by atoms with E-state index in [0.29, 0.717) is 17.1 Å². The second-order valence-electron chi connectivity index (χ2n) is 6.19. The van der Waals surface area contributed by atoms with Crippen molar-refractivity contribution < 1.29 is 14.3 Å². The van der Waals surface area contributed by atoms with E-state index in [-0.39, 0.29) is 5.91 Å². The van der Waals surface area contributed by atoms with E-state index in [1.54, 1.807) is 25.3 Å². The molecule has 5 nitrogen and oxygen atoms in total. The molecule has 0 aromatic heterocycles. The molecule has 5 heteroatoms. The zero-order chi connectivity index (χ0) is 17.8. The smallest absolute Gasteiger partial charge is 0.259 e. The van der Waals surface area contributed by atoms with Crippen LogP contribution in [0.25, 0.3) is 0 Å². The van der Waals surface area contributed by atoms with Gasteiger partial charge in [0.1, 0.15) is 0 Å². The summed E-state index contributed by atoms with van der Waals surface area (Å²) in [6.07, 6.45) is 2.49. The summed E-state index contributed by atoms with van der Waals surface area (Å²) in [5, 5.41) is 2.98. The van der Waals surface area contributed by atoms with Crippen molar-refractivity contribution in [3.63, 3.8) is 0 Å². The Labute approximate surface area is 148 Å². The van der Waals surface area contributed by atoms with Gasteiger partial charge in [0.25, 0.3) is 5.91 Å². The van der Waals surface area contributed by atoms with Crippen LogP contribution < -0.4 is 19.7 Å². The Hall–Kier alpha value is -2.69. The van der Waals surface area contributed by atoms with Gasteiger partial charge in [0.15, 0.2) is 11.5 Å². The lowest BCUT2D eigenvalue weighted by atomic mass is 10.1. The van der Waals surface area contributed by atoms with Crippen LogP contribution in [0.15, 0.2) is 36.4 Å². The van der Waals surface area contributed by atoms with E-state index < -0.39 is 0 Å². The van der Waals surface area contributed by atoms with Gasteiger partial charge in [-0.15, -0.1) is 0 Å². The fraction of sp³-hybridized carbons (Fsp3) is 0.350. The zero-order valence-electron chi connectivity index (χ0n) is 15.0. The highest BCUT2D eigenvalue weighted by atomic mass is 16.5. The molecule has 2 aromatic rings. The lowest BCUT2D eigenvalue weighted by Crippen LogP contribution is -2.18. The summed E-state index contributed by atoms with van der Waals surface area (Å²) in [5.74, 6) is 0.762. The van der Waals surface area contributed by atoms with Crippen LogP contribution in [0.5, 0.6) is 11.5 Å². The van der Waals surface area contributed by atoms with Crippen molar-refractivity contribution in [3.05, 3.63) is 47.5 Å². The van der Waals surface area contributed by atoms with Gasteiger partial charge in [-0.3, -0.25) is 4.79 Å². The summed E-state index contributed by atoms with van der Waals surface area (Å²) < 4.78 is 10.6. The molecule has 25 heavy (non-hydrogen) atoms. The van der Waals surface area contributed by atoms with Crippen molar-refractivity contribution >= 4 is 17.3 Å². The second-order valence-corrected chi connectivity index (χ2v) is 6.19. The van der Waals surface area contributed by atoms with Crippen LogP contribution >= 0.6 is 0 Å². The van der Waals surface area contributed by atoms with Gasteiger partial charge in [0.05, 0.1) is 19.8 Å². The first-order chi connectivity index (χ1) is 12.1. The molecule has 1 heterocycles. The lowest BCUT2D eigenvalue weighted by Gasteiger charge is -2.19. The van der Waals surface area contributed by atoms with Crippen molar-refractivity contribution in [3.8, 4) is 11.5 Å². The van der Waals surface area contributed by atoms with Gasteiger partial charge in [0, 0.05) is 24.5 Å². The van der Waals surface area contributed by atoms with Gasteiger partial charge >= 0.3 is 0 Å². The quantitative estimate of drug-likeness (QED) is 0.898. The average molecular weight is 340 g/mol. The minimum Gasteiger partial charge on any atom is -0.493 e. The first kappa shape index (κ1) is 17.1. The molecule has 132 valence electrons. The summed E-state index contributed by atoms with van der Waals surface area (Å²) in [6, 6.07) is 11.4. The monoisotopic (exact) mass is 340 g/mol. The molecular weight excluding hydrogens is 316 g/mol. The summed E-state index contributed by atoms with van der Waals surface area (Å²) in [6.45, 7) is 4.22. The van der Waals surface area contributed by atoms with E-state index in [4.69, 9.17) is 9.47 Å². The summed E-state index contributed by atoms with van der Waals surface area (Å²) in [4.78, 5) is 15.1. The fourth-order valence-corrected chi connectivity index (χ4v) is 3.22. The van der Waals surface area contributed by atoms with Crippen LogP contribution in [0.4, 0.5) is 11.4 Å². The molecule has 1 amide bonds. The SMILES string of the molecule is COc1cccc(C(=O)Nc2ccc(N3CCCC3)cc2C)c1OC. The topological polar surface area (TPSA) is 50.8 Å². The molecule has 1 aliphatic rings. The molecule has 0 unspecified atom stereocenters. The van der Waals surface area contributed by atoms with Gasteiger partial charge in [-0.1, -0.05) is 6.07 Å². The molecule has 0 atom stereocenters. The third kappa shape index (κ3) is 3.55. The van der Waals surface area contributed by atoms with E-state index in [0.717, 1.165) is 24.3 Å². The number of amides is 1. The molecule has 1 fully saturated rings. The number of hydrogen-bond donors (Lipinski definition) is 1. The molecule has 0 radical (unpaired) electrons. The molecule has 0 spiro atoms. The lowest BCUT2D eigenvalue weighted by molar-refractivity contribution is 0.102. The summed E-state index contributed by atoms with van der Waals surface area (Å²) in [7, 11) is 3.09. The van der Waals surface area contributed by atoms with E-state index >= 15 is 0 Å². The van der Waals surface area contributed by atoms with Gasteiger partial charge in [-0.05, 0) is 55.7 Å². The van der Waals surface area contributed by atoms with E-state index in [2.05, 4.69) is 22.3 Å². The van der Waals surface area contributed by atoms with E-state index in [1.807, 2.05) is 13.0 Å². The average Bonchev–Trinajstić information content (AvgIpc) is 3.17. The second kappa shape index (κ2) is 7.47. The number of methoxy groups -OCH3 is 2. The van der Waals surface area contributed by atoms with Crippen LogP contribution in [0.1, 0.15) is 28.8 Å². The number of aryl methyl sites for hydroxylation is 1. The maximum absolute atomic E-state index is 12.7. The first-order valence-corrected chi connectivity index (χ1v) is 8.52. The van der Waals surface area contributed by atoms with Crippen molar-refractivity contribution in [2.45, 2.75) is 19.8 Å². The number of anilines is 2. The molecule has 0 aliphatic carbocycles. The molecule has 1 N–H and O–H groups in total. The van der Waals surface area contributed by atoms with Gasteiger partial charge in [-0.25, -0.2) is 0 Å². The Morgan fingerprint density at radius 3 is 2.48 bits per heavy atom. The maximum atomic E-state index is 12.7. The maximum Gasteiger partial charge on any atom is 0.259 e. The number of carbonyl (C=O) groups is 1. The minimum absolute atomic E-state index is 0.215. The predicted molar refractivity (Wildman–Crippen MR) is 100 cm³/mol. The normalized spacial score (nSPS) is 13.6. The highest BCUT2D eigenvalue weighted by Crippen LogP contribution is 2.32. The number of carbonyl (C=O) groups excluding carboxylic acids is 1. The van der Waals surface area contributed by atoms with Gasteiger partial charge in [-0.2, -0.15) is 0 Å². The predicted octanol–water partition coefficient (Wildman–Crippen LogP) is 3.86. The van der Waals surface area contributed by atoms with Crippen LogP contribution in [-0.4, -0.2) is 33.2 Å². The number of benzene rings is 2. The number of nitrogens with zero attached hydrogens (tertiary/aromatic N) is 1. The minimum atomic E-state index is -0.215. The highest BCUT2D eigenvalue weighted by molar-refractivity contribution is 6.07. The molecule has 3 rings (SSSR count). The number of para-hydroxylation sites is 1. The number of hydrogen-bond acceptors (Lipinski definition) is 4. The molecule has 2 aromatic carbocycles. The zero-order valence-corrected chi connectivity index (χ0v) is 15.0. The Bertz CT molecular complexity index is 768. The van der Waals surface area contributed by atoms with Crippen LogP contribution in [0.2, 0.25) is 0 Å². The van der Waals surface area contributed by atoms with E-state index in [1.165, 1.54) is 25.6 Å². The Morgan fingerprint density at radius 1 is 1.08 bits per heavy atom. The summed E-state index contributed by atoms with van der Waals surface area (Å²) in [5.41, 5.74) is 3.51. The van der Waals surface area contributed by atoms with Crippen molar-refractivity contribution in [1.29, 1.82) is 0 Å². The van der Waals surface area contributed by atoms with Gasteiger partial charge in [0.2, 0.25) is 0 Å². The van der Waals surface area contributed by atoms with Crippen LogP contribution in [0.3, 0.4) is 0 Å². The Morgan fingerprint density at radius 2 is 1.84 bits per heavy atom. The number of nitrogens with one attached hydrogen (secondary N) is 1. The van der Waals surface area contributed by atoms with Crippen LogP contribution in [-0.2, 0) is 0 Å². The number of ether oxygens (including phenoxy) is 2. The van der Waals surface area contributed by atoms with Crippen LogP contribution in [0, 0.1) is 6.92 Å². The van der Waals surface area contributed by atoms with Gasteiger partial charge < -0.3 is 19.7 Å². The molecule has 1 aliphatic heterocycles. The summed E-state index contributed by atoms with van der Waals surface area (Å²) >= 11 is 0. The largest absolute Gasteiger partial charge is 0.493 e.